The summed E-state index contributed by atoms with van der Waals surface area (Å²) in [5, 5.41) is 6.49. The molecule has 0 aliphatic rings. The van der Waals surface area contributed by atoms with E-state index in [0.29, 0.717) is 0 Å². The van der Waals surface area contributed by atoms with Gasteiger partial charge in [-0.15, -0.1) is 0 Å². The van der Waals surface area contributed by atoms with Gasteiger partial charge < -0.3 is 24.3 Å². The molecule has 80 valence electrons. The lowest BCUT2D eigenvalue weighted by atomic mass is 10.8. The average molecular weight is 234 g/mol. The van der Waals surface area contributed by atoms with Crippen molar-refractivity contribution in [1.82, 2.24) is 0 Å². The summed E-state index contributed by atoms with van der Waals surface area (Å²) in [6.07, 6.45) is 0. The molecule has 0 aromatic rings. The largest absolute Gasteiger partial charge is 0.394 e. The first kappa shape index (κ1) is 13.3. The lowest BCUT2D eigenvalue weighted by Crippen LogP contribution is -2.08. The Balaban J connectivity index is 4.46. The minimum Gasteiger partial charge on any atom is -0.394 e. The molecule has 0 fully saturated rings. The molecule has 0 saturated carbocycles. The van der Waals surface area contributed by atoms with Crippen molar-refractivity contribution in [2.24, 2.45) is 0 Å². The number of aliphatic hydroxyl groups is 1. The van der Waals surface area contributed by atoms with Crippen molar-refractivity contribution in [2.75, 3.05) is 13.2 Å². The van der Waals surface area contributed by atoms with Gasteiger partial charge >= 0.3 is 15.2 Å². The SMILES string of the molecule is CC(P(=O)(O)O)P(=O)(O)OCCO. The van der Waals surface area contributed by atoms with E-state index in [1.807, 2.05) is 0 Å². The molecule has 2 atom stereocenters. The second-order valence-corrected chi connectivity index (χ2v) is 6.86. The third-order valence-corrected chi connectivity index (χ3v) is 5.58. The lowest BCUT2D eigenvalue weighted by Gasteiger charge is -2.19. The number of rotatable bonds is 5. The van der Waals surface area contributed by atoms with Crippen LogP contribution in [0.2, 0.25) is 0 Å². The molecule has 0 aliphatic carbocycles. The van der Waals surface area contributed by atoms with Crippen molar-refractivity contribution in [2.45, 2.75) is 12.3 Å². The Morgan fingerprint density at radius 3 is 2.08 bits per heavy atom. The van der Waals surface area contributed by atoms with Gasteiger partial charge in [0.25, 0.3) is 0 Å². The van der Waals surface area contributed by atoms with E-state index in [9.17, 15) is 9.13 Å². The summed E-state index contributed by atoms with van der Waals surface area (Å²) in [4.78, 5) is 26.1. The number of hydrogen-bond acceptors (Lipinski definition) is 4. The second-order valence-electron chi connectivity index (χ2n) is 2.34. The maximum Gasteiger partial charge on any atom is 0.343 e. The normalized spacial score (nSPS) is 19.5. The second kappa shape index (κ2) is 4.66. The summed E-state index contributed by atoms with van der Waals surface area (Å²) < 4.78 is 25.8. The van der Waals surface area contributed by atoms with Gasteiger partial charge in [0, 0.05) is 0 Å². The molecule has 0 aliphatic heterocycles. The molecular weight excluding hydrogens is 222 g/mol. The molecule has 0 radical (unpaired) electrons. The van der Waals surface area contributed by atoms with Crippen LogP contribution < -0.4 is 0 Å². The fourth-order valence-corrected chi connectivity index (χ4v) is 2.75. The van der Waals surface area contributed by atoms with E-state index in [1.165, 1.54) is 0 Å². The summed E-state index contributed by atoms with van der Waals surface area (Å²) in [6.45, 7) is -0.00449. The fraction of sp³-hybridized carbons (Fsp3) is 1.00. The van der Waals surface area contributed by atoms with Gasteiger partial charge in [0.1, 0.15) is 0 Å². The predicted molar refractivity (Wildman–Crippen MR) is 44.4 cm³/mol. The Morgan fingerprint density at radius 1 is 1.31 bits per heavy atom. The van der Waals surface area contributed by atoms with Crippen LogP contribution in [0.25, 0.3) is 0 Å². The molecule has 0 heterocycles. The van der Waals surface area contributed by atoms with Crippen LogP contribution in [0.3, 0.4) is 0 Å². The third-order valence-electron chi connectivity index (χ3n) is 1.33. The third kappa shape index (κ3) is 4.33. The van der Waals surface area contributed by atoms with Crippen molar-refractivity contribution in [1.29, 1.82) is 0 Å². The average Bonchev–Trinajstić information content (AvgIpc) is 1.98. The smallest absolute Gasteiger partial charge is 0.343 e. The first-order valence-electron chi connectivity index (χ1n) is 3.35. The highest BCUT2D eigenvalue weighted by molar-refractivity contribution is 7.71. The summed E-state index contributed by atoms with van der Waals surface area (Å²) in [5.41, 5.74) is 0. The van der Waals surface area contributed by atoms with Crippen molar-refractivity contribution in [3.05, 3.63) is 0 Å². The van der Waals surface area contributed by atoms with Crippen LogP contribution in [0.1, 0.15) is 6.92 Å². The molecule has 0 aromatic carbocycles. The molecular formula is C4H12O7P2. The highest BCUT2D eigenvalue weighted by atomic mass is 31.2. The lowest BCUT2D eigenvalue weighted by molar-refractivity contribution is 0.181. The zero-order valence-electron chi connectivity index (χ0n) is 6.90. The van der Waals surface area contributed by atoms with Gasteiger partial charge in [-0.2, -0.15) is 0 Å². The summed E-state index contributed by atoms with van der Waals surface area (Å²) in [7, 11) is -8.98. The molecule has 9 heteroatoms. The Labute approximate surface area is 75.1 Å². The van der Waals surface area contributed by atoms with Crippen molar-refractivity contribution >= 4 is 15.2 Å². The van der Waals surface area contributed by atoms with Gasteiger partial charge in [-0.25, -0.2) is 0 Å². The first-order valence-corrected chi connectivity index (χ1v) is 6.67. The van der Waals surface area contributed by atoms with E-state index in [4.69, 9.17) is 19.8 Å². The van der Waals surface area contributed by atoms with Crippen molar-refractivity contribution in [3.8, 4) is 0 Å². The van der Waals surface area contributed by atoms with E-state index >= 15 is 0 Å². The molecule has 0 spiro atoms. The molecule has 4 N–H and O–H groups in total. The Bertz CT molecular complexity index is 245. The van der Waals surface area contributed by atoms with Gasteiger partial charge in [-0.05, 0) is 6.92 Å². The van der Waals surface area contributed by atoms with E-state index < -0.39 is 33.8 Å². The number of hydrogen-bond donors (Lipinski definition) is 4. The zero-order chi connectivity index (χ0) is 10.7. The van der Waals surface area contributed by atoms with Crippen LogP contribution in [0.5, 0.6) is 0 Å². The fourth-order valence-electron chi connectivity index (χ4n) is 0.470. The highest BCUT2D eigenvalue weighted by Crippen LogP contribution is 2.62. The van der Waals surface area contributed by atoms with Crippen molar-refractivity contribution < 1.29 is 33.4 Å². The standard InChI is InChI=1S/C4H12O7P2/c1-4(12(6,7)8)13(9,10)11-3-2-5/h4-5H,2-3H2,1H3,(H,9,10)(H2,6,7,8). The molecule has 0 rings (SSSR count). The van der Waals surface area contributed by atoms with E-state index in [-0.39, 0.29) is 0 Å². The monoisotopic (exact) mass is 234 g/mol. The summed E-state index contributed by atoms with van der Waals surface area (Å²) in [6, 6.07) is 0. The Morgan fingerprint density at radius 2 is 1.77 bits per heavy atom. The van der Waals surface area contributed by atoms with Gasteiger partial charge in [0.2, 0.25) is 0 Å². The van der Waals surface area contributed by atoms with Gasteiger partial charge in [-0.3, -0.25) is 9.13 Å². The van der Waals surface area contributed by atoms with Crippen LogP contribution in [-0.4, -0.2) is 38.4 Å². The summed E-state index contributed by atoms with van der Waals surface area (Å²) >= 11 is 0. The van der Waals surface area contributed by atoms with Gasteiger partial charge in [0.05, 0.1) is 13.2 Å². The predicted octanol–water partition coefficient (Wildman–Crippen LogP) is -0.296. The van der Waals surface area contributed by atoms with Crippen LogP contribution in [0.4, 0.5) is 0 Å². The molecule has 0 bridgehead atoms. The minimum absolute atomic E-state index is 0.432. The van der Waals surface area contributed by atoms with Crippen LogP contribution in [0.15, 0.2) is 0 Å². The maximum atomic E-state index is 11.0. The molecule has 0 aromatic heterocycles. The highest BCUT2D eigenvalue weighted by Gasteiger charge is 2.41. The quantitative estimate of drug-likeness (QED) is 0.481. The number of aliphatic hydroxyl groups excluding tert-OH is 1. The van der Waals surface area contributed by atoms with Crippen LogP contribution in [0, 0.1) is 0 Å². The van der Waals surface area contributed by atoms with Gasteiger partial charge in [0.15, 0.2) is 5.40 Å². The van der Waals surface area contributed by atoms with Crippen molar-refractivity contribution in [3.63, 3.8) is 0 Å². The van der Waals surface area contributed by atoms with Crippen LogP contribution >= 0.6 is 15.2 Å². The van der Waals surface area contributed by atoms with Crippen LogP contribution in [-0.2, 0) is 13.7 Å². The Kier molecular flexibility index (Phi) is 4.76. The molecule has 0 amide bonds. The topological polar surface area (TPSA) is 124 Å². The molecule has 2 unspecified atom stereocenters. The molecule has 0 saturated heterocycles. The summed E-state index contributed by atoms with van der Waals surface area (Å²) in [5.74, 6) is 0. The van der Waals surface area contributed by atoms with Gasteiger partial charge in [-0.1, -0.05) is 0 Å². The molecule has 13 heavy (non-hydrogen) atoms. The Hall–Kier alpha value is 0.260. The molecule has 7 nitrogen and oxygen atoms in total. The minimum atomic E-state index is -4.64. The van der Waals surface area contributed by atoms with E-state index in [2.05, 4.69) is 4.52 Å². The van der Waals surface area contributed by atoms with E-state index in [1.54, 1.807) is 0 Å². The zero-order valence-corrected chi connectivity index (χ0v) is 8.69. The maximum absolute atomic E-state index is 11.0. The van der Waals surface area contributed by atoms with E-state index in [0.717, 1.165) is 6.92 Å². The first-order chi connectivity index (χ1) is 5.72.